The Labute approximate surface area is 120 Å². The smallest absolute Gasteiger partial charge is 0.331 e. The van der Waals surface area contributed by atoms with Crippen LogP contribution in [0.15, 0.2) is 12.2 Å². The molecule has 0 amide bonds. The van der Waals surface area contributed by atoms with Crippen molar-refractivity contribution in [3.05, 3.63) is 12.2 Å². The van der Waals surface area contributed by atoms with Gasteiger partial charge >= 0.3 is 5.97 Å². The van der Waals surface area contributed by atoms with Gasteiger partial charge < -0.3 is 9.22 Å². The van der Waals surface area contributed by atoms with Gasteiger partial charge in [-0.05, 0) is 38.0 Å². The summed E-state index contributed by atoms with van der Waals surface area (Å²) in [5.41, 5.74) is 0.129. The first-order chi connectivity index (χ1) is 8.33. The van der Waals surface area contributed by atoms with Gasteiger partial charge in [-0.3, -0.25) is 0 Å². The molecular weight excluding hydrogens is 272 g/mol. The molecule has 0 aliphatic heterocycles. The van der Waals surface area contributed by atoms with Crippen molar-refractivity contribution in [2.75, 3.05) is 0 Å². The van der Waals surface area contributed by atoms with Gasteiger partial charge in [0.1, 0.15) is 0 Å². The van der Waals surface area contributed by atoms with E-state index < -0.39 is 28.4 Å². The van der Waals surface area contributed by atoms with Gasteiger partial charge in [0, 0.05) is 10.6 Å². The number of rotatable bonds is 6. The summed E-state index contributed by atoms with van der Waals surface area (Å²) >= 11 is 0. The Hall–Kier alpha value is -0.396. The minimum Gasteiger partial charge on any atom is -0.478 e. The highest BCUT2D eigenvalue weighted by atomic mass is 28.4. The van der Waals surface area contributed by atoms with Crippen LogP contribution in [-0.4, -0.2) is 28.4 Å². The molecule has 0 aromatic heterocycles. The molecule has 0 aromatic carbocycles. The van der Waals surface area contributed by atoms with E-state index in [2.05, 4.69) is 60.5 Å². The first-order valence-corrected chi connectivity index (χ1v) is 12.6. The zero-order valence-corrected chi connectivity index (χ0v) is 15.9. The maximum atomic E-state index is 11.6. The van der Waals surface area contributed by atoms with E-state index in [-0.39, 0.29) is 5.41 Å². The van der Waals surface area contributed by atoms with E-state index in [0.717, 1.165) is 6.42 Å². The summed E-state index contributed by atoms with van der Waals surface area (Å²) < 4.78 is 6.35. The summed E-state index contributed by atoms with van der Waals surface area (Å²) in [5.74, 6) is -0.897. The van der Waals surface area contributed by atoms with E-state index in [4.69, 9.17) is 4.12 Å². The molecule has 1 unspecified atom stereocenters. The van der Waals surface area contributed by atoms with Crippen molar-refractivity contribution < 1.29 is 14.0 Å². The number of carboxylic acid groups (broad SMARTS) is 1. The highest BCUT2D eigenvalue weighted by molar-refractivity contribution is 6.81. The zero-order chi connectivity index (χ0) is 15.6. The molecule has 1 N–H and O–H groups in total. The Morgan fingerprint density at radius 3 is 1.95 bits per heavy atom. The number of carbonyl (C=O) groups is 1. The fraction of sp³-hybridized carbons (Fsp3) is 0.786. The molecule has 1 atom stereocenters. The van der Waals surface area contributed by atoms with Crippen LogP contribution in [0.1, 0.15) is 34.1 Å². The highest BCUT2D eigenvalue weighted by Crippen LogP contribution is 2.60. The van der Waals surface area contributed by atoms with Gasteiger partial charge in [-0.2, -0.15) is 0 Å². The van der Waals surface area contributed by atoms with Crippen molar-refractivity contribution >= 4 is 23.3 Å². The second-order valence-corrected chi connectivity index (χ2v) is 13.9. The van der Waals surface area contributed by atoms with Gasteiger partial charge in [0.05, 0.1) is 0 Å². The lowest BCUT2D eigenvalue weighted by atomic mass is 9.73. The maximum Gasteiger partial charge on any atom is 0.331 e. The lowest BCUT2D eigenvalue weighted by molar-refractivity contribution is -0.133. The van der Waals surface area contributed by atoms with E-state index in [9.17, 15) is 9.90 Å². The fourth-order valence-electron chi connectivity index (χ4n) is 3.76. The predicted molar refractivity (Wildman–Crippen MR) is 86.7 cm³/mol. The molecule has 0 fully saturated rings. The minimum atomic E-state index is -2.23. The maximum absolute atomic E-state index is 11.6. The molecule has 0 aliphatic rings. The van der Waals surface area contributed by atoms with Crippen molar-refractivity contribution in [1.29, 1.82) is 0 Å². The first kappa shape index (κ1) is 18.6. The standard InChI is InChI=1S/C14H30O3Si2/c1-10-14(13(3,4)5,11(2)12(15)16)19(8,9)17-18(6)7/h18H,2,10H2,1,3-9H3,(H,15,16). The summed E-state index contributed by atoms with van der Waals surface area (Å²) in [6.45, 7) is 20.8. The van der Waals surface area contributed by atoms with Crippen LogP contribution in [0.4, 0.5) is 0 Å². The van der Waals surface area contributed by atoms with Crippen LogP contribution < -0.4 is 0 Å². The van der Waals surface area contributed by atoms with Crippen molar-refractivity contribution in [2.24, 2.45) is 5.41 Å². The third-order valence-electron chi connectivity index (χ3n) is 4.14. The second kappa shape index (κ2) is 5.93. The molecule has 0 spiro atoms. The third kappa shape index (κ3) is 3.38. The molecule has 0 aromatic rings. The average molecular weight is 303 g/mol. The number of carboxylic acids is 1. The number of aliphatic carboxylic acids is 1. The van der Waals surface area contributed by atoms with Gasteiger partial charge in [0.25, 0.3) is 0 Å². The van der Waals surface area contributed by atoms with Crippen LogP contribution in [0.3, 0.4) is 0 Å². The fourth-order valence-corrected chi connectivity index (χ4v) is 12.8. The summed E-state index contributed by atoms with van der Waals surface area (Å²) in [4.78, 5) is 11.6. The normalized spacial score (nSPS) is 16.3. The Bertz CT molecular complexity index is 356. The SMILES string of the molecule is C=C(C(=O)O)C(CC)(C(C)(C)C)[Si](C)(C)O[SiH](C)C. The Kier molecular flexibility index (Phi) is 5.81. The van der Waals surface area contributed by atoms with Gasteiger partial charge in [0.2, 0.25) is 0 Å². The molecule has 0 rings (SSSR count). The van der Waals surface area contributed by atoms with Crippen molar-refractivity contribution in [1.82, 2.24) is 0 Å². The molecule has 5 heteroatoms. The van der Waals surface area contributed by atoms with Crippen LogP contribution >= 0.6 is 0 Å². The minimum absolute atomic E-state index is 0.184. The average Bonchev–Trinajstić information content (AvgIpc) is 2.13. The van der Waals surface area contributed by atoms with E-state index in [1.54, 1.807) is 0 Å². The molecule has 0 heterocycles. The van der Waals surface area contributed by atoms with E-state index in [1.807, 2.05) is 0 Å². The van der Waals surface area contributed by atoms with Gasteiger partial charge in [-0.1, -0.05) is 34.3 Å². The summed E-state index contributed by atoms with van der Waals surface area (Å²) in [7, 11) is -3.45. The van der Waals surface area contributed by atoms with Gasteiger partial charge in [-0.25, -0.2) is 4.79 Å². The highest BCUT2D eigenvalue weighted by Gasteiger charge is 2.57. The summed E-state index contributed by atoms with van der Waals surface area (Å²) in [5, 5.41) is 9.03. The summed E-state index contributed by atoms with van der Waals surface area (Å²) in [6, 6.07) is 0. The van der Waals surface area contributed by atoms with Crippen LogP contribution in [0, 0.1) is 5.41 Å². The van der Waals surface area contributed by atoms with E-state index in [0.29, 0.717) is 5.57 Å². The summed E-state index contributed by atoms with van der Waals surface area (Å²) in [6.07, 6.45) is 0.752. The van der Waals surface area contributed by atoms with Gasteiger partial charge in [-0.15, -0.1) is 0 Å². The second-order valence-electron chi connectivity index (χ2n) is 6.97. The molecule has 19 heavy (non-hydrogen) atoms. The molecule has 0 aliphatic carbocycles. The predicted octanol–water partition coefficient (Wildman–Crippen LogP) is 4.03. The van der Waals surface area contributed by atoms with Crippen LogP contribution in [0.5, 0.6) is 0 Å². The number of hydrogen-bond acceptors (Lipinski definition) is 2. The monoisotopic (exact) mass is 302 g/mol. The Balaban J connectivity index is 6.03. The zero-order valence-electron chi connectivity index (χ0n) is 13.8. The van der Waals surface area contributed by atoms with E-state index in [1.165, 1.54) is 0 Å². The van der Waals surface area contributed by atoms with Crippen molar-refractivity contribution in [2.45, 2.75) is 65.3 Å². The Morgan fingerprint density at radius 2 is 1.74 bits per heavy atom. The Morgan fingerprint density at radius 1 is 1.32 bits per heavy atom. The van der Waals surface area contributed by atoms with Gasteiger partial charge in [0.15, 0.2) is 17.4 Å². The molecule has 112 valence electrons. The van der Waals surface area contributed by atoms with Crippen LogP contribution in [0.2, 0.25) is 31.2 Å². The largest absolute Gasteiger partial charge is 0.478 e. The van der Waals surface area contributed by atoms with Crippen LogP contribution in [0.25, 0.3) is 0 Å². The molecule has 0 saturated heterocycles. The quantitative estimate of drug-likeness (QED) is 0.595. The lowest BCUT2D eigenvalue weighted by Crippen LogP contribution is -2.55. The molecule has 0 radical (unpaired) electrons. The van der Waals surface area contributed by atoms with E-state index >= 15 is 0 Å². The molecule has 3 nitrogen and oxygen atoms in total. The third-order valence-corrected chi connectivity index (χ3v) is 11.8. The molecule has 0 saturated carbocycles. The lowest BCUT2D eigenvalue weighted by Gasteiger charge is -2.53. The topological polar surface area (TPSA) is 46.5 Å². The van der Waals surface area contributed by atoms with Crippen molar-refractivity contribution in [3.8, 4) is 0 Å². The van der Waals surface area contributed by atoms with Crippen LogP contribution in [-0.2, 0) is 8.91 Å². The first-order valence-electron chi connectivity index (χ1n) is 6.94. The molecular formula is C14H30O3Si2. The molecule has 0 bridgehead atoms. The van der Waals surface area contributed by atoms with Crippen molar-refractivity contribution in [3.63, 3.8) is 0 Å². The number of hydrogen-bond donors (Lipinski definition) is 1.